The summed E-state index contributed by atoms with van der Waals surface area (Å²) >= 11 is 0. The molecule has 1 aliphatic rings. The van der Waals surface area contributed by atoms with Gasteiger partial charge in [-0.1, -0.05) is 0 Å². The maximum Gasteiger partial charge on any atom is 0.416 e. The Bertz CT molecular complexity index is 776. The normalized spacial score (nSPS) is 16.3. The third kappa shape index (κ3) is 5.38. The van der Waals surface area contributed by atoms with E-state index in [9.17, 15) is 18.0 Å². The molecule has 0 N–H and O–H groups in total. The van der Waals surface area contributed by atoms with Gasteiger partial charge in [-0.2, -0.15) is 13.2 Å². The molecule has 4 nitrogen and oxygen atoms in total. The standard InChI is InChI=1S/C21H25F3N2O2/c1-2-28-20(27)13-16-7-10-25(11-8-16)14-17-9-12-26(15-17)19-5-3-18(4-6-19)21(22,23)24/h3-6,9,12,15-16H,2,7-8,10-11,13-14H2,1H3. The third-order valence-electron chi connectivity index (χ3n) is 5.12. The molecule has 0 radical (unpaired) electrons. The molecular formula is C21H25F3N2O2. The molecule has 1 aliphatic heterocycles. The Balaban J connectivity index is 1.52. The molecule has 2 aromatic rings. The summed E-state index contributed by atoms with van der Waals surface area (Å²) in [5.41, 5.74) is 1.17. The summed E-state index contributed by atoms with van der Waals surface area (Å²) in [5, 5.41) is 0. The van der Waals surface area contributed by atoms with E-state index in [4.69, 9.17) is 4.74 Å². The number of benzene rings is 1. The Labute approximate surface area is 162 Å². The summed E-state index contributed by atoms with van der Waals surface area (Å²) < 4.78 is 44.9. The zero-order valence-electron chi connectivity index (χ0n) is 15.9. The van der Waals surface area contributed by atoms with E-state index in [0.717, 1.165) is 50.2 Å². The first kappa shape index (κ1) is 20.5. The van der Waals surface area contributed by atoms with Crippen molar-refractivity contribution in [2.24, 2.45) is 5.92 Å². The number of hydrogen-bond acceptors (Lipinski definition) is 3. The molecule has 0 spiro atoms. The molecule has 0 atom stereocenters. The van der Waals surface area contributed by atoms with Crippen molar-refractivity contribution in [2.45, 2.75) is 38.9 Å². The molecule has 28 heavy (non-hydrogen) atoms. The summed E-state index contributed by atoms with van der Waals surface area (Å²) in [6, 6.07) is 7.15. The molecule has 0 amide bonds. The van der Waals surface area contributed by atoms with Crippen molar-refractivity contribution in [1.29, 1.82) is 0 Å². The number of hydrogen-bond donors (Lipinski definition) is 0. The fourth-order valence-corrected chi connectivity index (χ4v) is 3.58. The topological polar surface area (TPSA) is 34.5 Å². The van der Waals surface area contributed by atoms with Crippen molar-refractivity contribution in [3.63, 3.8) is 0 Å². The van der Waals surface area contributed by atoms with E-state index in [2.05, 4.69) is 4.90 Å². The van der Waals surface area contributed by atoms with Crippen LogP contribution in [-0.4, -0.2) is 35.1 Å². The van der Waals surface area contributed by atoms with Crippen molar-refractivity contribution in [1.82, 2.24) is 9.47 Å². The number of piperidine rings is 1. The Morgan fingerprint density at radius 1 is 1.14 bits per heavy atom. The largest absolute Gasteiger partial charge is 0.466 e. The zero-order valence-corrected chi connectivity index (χ0v) is 15.9. The number of carbonyl (C=O) groups is 1. The minimum atomic E-state index is -4.32. The van der Waals surface area contributed by atoms with Crippen LogP contribution in [0.5, 0.6) is 0 Å². The first-order valence-corrected chi connectivity index (χ1v) is 9.57. The Hall–Kier alpha value is -2.28. The van der Waals surface area contributed by atoms with Crippen LogP contribution in [0.1, 0.15) is 37.3 Å². The number of halogens is 3. The number of ether oxygens (including phenoxy) is 1. The highest BCUT2D eigenvalue weighted by Gasteiger charge is 2.30. The van der Waals surface area contributed by atoms with Crippen molar-refractivity contribution in [3.05, 3.63) is 53.9 Å². The molecule has 152 valence electrons. The highest BCUT2D eigenvalue weighted by Crippen LogP contribution is 2.29. The van der Waals surface area contributed by atoms with E-state index in [1.807, 2.05) is 30.0 Å². The van der Waals surface area contributed by atoms with Crippen LogP contribution in [0, 0.1) is 5.92 Å². The number of alkyl halides is 3. The monoisotopic (exact) mass is 394 g/mol. The summed E-state index contributed by atoms with van der Waals surface area (Å²) in [6.45, 7) is 4.88. The smallest absolute Gasteiger partial charge is 0.416 e. The van der Waals surface area contributed by atoms with Gasteiger partial charge in [-0.3, -0.25) is 9.69 Å². The van der Waals surface area contributed by atoms with Gasteiger partial charge in [-0.25, -0.2) is 0 Å². The zero-order chi connectivity index (χ0) is 20.1. The SMILES string of the molecule is CCOC(=O)CC1CCN(Cc2ccn(-c3ccc(C(F)(F)F)cc3)c2)CC1. The third-order valence-corrected chi connectivity index (χ3v) is 5.12. The minimum absolute atomic E-state index is 0.116. The molecule has 1 fully saturated rings. The van der Waals surface area contributed by atoms with Crippen LogP contribution in [0.25, 0.3) is 5.69 Å². The fraction of sp³-hybridized carbons (Fsp3) is 0.476. The van der Waals surface area contributed by atoms with Crippen molar-refractivity contribution >= 4 is 5.97 Å². The second-order valence-corrected chi connectivity index (χ2v) is 7.20. The van der Waals surface area contributed by atoms with Gasteiger partial charge in [0.25, 0.3) is 0 Å². The van der Waals surface area contributed by atoms with E-state index in [0.29, 0.717) is 24.6 Å². The van der Waals surface area contributed by atoms with Crippen molar-refractivity contribution in [2.75, 3.05) is 19.7 Å². The lowest BCUT2D eigenvalue weighted by Crippen LogP contribution is -2.34. The molecular weight excluding hydrogens is 369 g/mol. The molecule has 0 saturated carbocycles. The second kappa shape index (κ2) is 8.82. The Morgan fingerprint density at radius 3 is 2.43 bits per heavy atom. The predicted octanol–water partition coefficient (Wildman–Crippen LogP) is 4.66. The second-order valence-electron chi connectivity index (χ2n) is 7.20. The van der Waals surface area contributed by atoms with Gasteiger partial charge in [-0.05, 0) is 74.7 Å². The predicted molar refractivity (Wildman–Crippen MR) is 100 cm³/mol. The van der Waals surface area contributed by atoms with Crippen LogP contribution in [0.4, 0.5) is 13.2 Å². The number of nitrogens with zero attached hydrogens (tertiary/aromatic N) is 2. The molecule has 1 aromatic carbocycles. The van der Waals surface area contributed by atoms with Crippen LogP contribution in [0.2, 0.25) is 0 Å². The van der Waals surface area contributed by atoms with Crippen LogP contribution in [0.3, 0.4) is 0 Å². The number of likely N-dealkylation sites (tertiary alicyclic amines) is 1. The van der Waals surface area contributed by atoms with Crippen molar-refractivity contribution < 1.29 is 22.7 Å². The van der Waals surface area contributed by atoms with Crippen LogP contribution >= 0.6 is 0 Å². The Kier molecular flexibility index (Phi) is 6.44. The summed E-state index contributed by atoms with van der Waals surface area (Å²) in [7, 11) is 0. The summed E-state index contributed by atoms with van der Waals surface area (Å²) in [4.78, 5) is 13.9. The fourth-order valence-electron chi connectivity index (χ4n) is 3.58. The van der Waals surface area contributed by atoms with Crippen molar-refractivity contribution in [3.8, 4) is 5.69 Å². The molecule has 0 unspecified atom stereocenters. The van der Waals surface area contributed by atoms with Crippen LogP contribution < -0.4 is 0 Å². The van der Waals surface area contributed by atoms with Gasteiger partial charge in [0.1, 0.15) is 0 Å². The van der Waals surface area contributed by atoms with Gasteiger partial charge >= 0.3 is 12.1 Å². The highest BCUT2D eigenvalue weighted by molar-refractivity contribution is 5.69. The average Bonchev–Trinajstić information content (AvgIpc) is 3.11. The van der Waals surface area contributed by atoms with E-state index in [1.54, 1.807) is 0 Å². The number of rotatable bonds is 6. The number of esters is 1. The lowest BCUT2D eigenvalue weighted by atomic mass is 9.93. The molecule has 3 rings (SSSR count). The van der Waals surface area contributed by atoms with E-state index >= 15 is 0 Å². The lowest BCUT2D eigenvalue weighted by Gasteiger charge is -2.31. The van der Waals surface area contributed by atoms with Gasteiger partial charge in [0.15, 0.2) is 0 Å². The van der Waals surface area contributed by atoms with Gasteiger partial charge in [-0.15, -0.1) is 0 Å². The average molecular weight is 394 g/mol. The van der Waals surface area contributed by atoms with Gasteiger partial charge < -0.3 is 9.30 Å². The highest BCUT2D eigenvalue weighted by atomic mass is 19.4. The molecule has 7 heteroatoms. The van der Waals surface area contributed by atoms with Crippen LogP contribution in [-0.2, 0) is 22.3 Å². The Morgan fingerprint density at radius 2 is 1.82 bits per heavy atom. The first-order chi connectivity index (χ1) is 13.3. The van der Waals surface area contributed by atoms with E-state index < -0.39 is 11.7 Å². The first-order valence-electron chi connectivity index (χ1n) is 9.57. The molecule has 0 bridgehead atoms. The van der Waals surface area contributed by atoms with Crippen LogP contribution in [0.15, 0.2) is 42.7 Å². The summed E-state index contributed by atoms with van der Waals surface area (Å²) in [5.74, 6) is 0.265. The summed E-state index contributed by atoms with van der Waals surface area (Å²) in [6.07, 6.45) is 1.93. The molecule has 0 aliphatic carbocycles. The number of carbonyl (C=O) groups excluding carboxylic acids is 1. The maximum atomic E-state index is 12.7. The molecule has 1 aromatic heterocycles. The number of aromatic nitrogens is 1. The van der Waals surface area contributed by atoms with Gasteiger partial charge in [0, 0.05) is 31.0 Å². The van der Waals surface area contributed by atoms with E-state index in [1.165, 1.54) is 12.1 Å². The van der Waals surface area contributed by atoms with Gasteiger partial charge in [0.2, 0.25) is 0 Å². The minimum Gasteiger partial charge on any atom is -0.466 e. The molecule has 2 heterocycles. The van der Waals surface area contributed by atoms with Gasteiger partial charge in [0.05, 0.1) is 12.2 Å². The maximum absolute atomic E-state index is 12.7. The van der Waals surface area contributed by atoms with E-state index in [-0.39, 0.29) is 5.97 Å². The molecule has 1 saturated heterocycles. The lowest BCUT2D eigenvalue weighted by molar-refractivity contribution is -0.144. The quantitative estimate of drug-likeness (QED) is 0.669.